The Morgan fingerprint density at radius 2 is 1.94 bits per heavy atom. The normalized spacial score (nSPS) is 12.7. The van der Waals surface area contributed by atoms with Gasteiger partial charge in [0, 0.05) is 12.0 Å². The second-order valence-corrected chi connectivity index (χ2v) is 4.22. The minimum absolute atomic E-state index is 0.275. The number of aliphatic hydroxyl groups is 1. The summed E-state index contributed by atoms with van der Waals surface area (Å²) in [5, 5.41) is 9.93. The summed E-state index contributed by atoms with van der Waals surface area (Å²) in [6.45, 7) is 0. The van der Waals surface area contributed by atoms with E-state index < -0.39 is 6.10 Å². The summed E-state index contributed by atoms with van der Waals surface area (Å²) < 4.78 is 18.2. The molecule has 0 saturated heterocycles. The van der Waals surface area contributed by atoms with E-state index in [2.05, 4.69) is 15.9 Å². The molecule has 2 rings (SSSR count). The van der Waals surface area contributed by atoms with Crippen LogP contribution < -0.4 is 0 Å². The number of benzene rings is 1. The summed E-state index contributed by atoms with van der Waals surface area (Å²) >= 11 is 3.21. The predicted octanol–water partition coefficient (Wildman–Crippen LogP) is 3.46. The van der Waals surface area contributed by atoms with E-state index in [0.717, 1.165) is 5.56 Å². The van der Waals surface area contributed by atoms with Crippen molar-refractivity contribution in [2.24, 2.45) is 0 Å². The maximum atomic E-state index is 12.7. The van der Waals surface area contributed by atoms with E-state index in [4.69, 9.17) is 4.42 Å². The van der Waals surface area contributed by atoms with Gasteiger partial charge in [-0.2, -0.15) is 0 Å². The zero-order valence-corrected chi connectivity index (χ0v) is 9.95. The van der Waals surface area contributed by atoms with Crippen LogP contribution in [0.25, 0.3) is 0 Å². The maximum Gasteiger partial charge on any atom is 0.174 e. The SMILES string of the molecule is OC(Cc1ccc(F)cc1)c1ccoc1Br. The van der Waals surface area contributed by atoms with Crippen LogP contribution in [0.1, 0.15) is 17.2 Å². The van der Waals surface area contributed by atoms with E-state index in [0.29, 0.717) is 16.7 Å². The number of furan rings is 1. The molecule has 2 nitrogen and oxygen atoms in total. The van der Waals surface area contributed by atoms with Gasteiger partial charge in [-0.25, -0.2) is 4.39 Å². The number of aliphatic hydroxyl groups excluding tert-OH is 1. The third-order valence-corrected chi connectivity index (χ3v) is 2.99. The lowest BCUT2D eigenvalue weighted by Gasteiger charge is -2.08. The number of hydrogen-bond acceptors (Lipinski definition) is 2. The summed E-state index contributed by atoms with van der Waals surface area (Å²) in [6.07, 6.45) is 1.28. The second kappa shape index (κ2) is 4.80. The zero-order valence-electron chi connectivity index (χ0n) is 8.36. The van der Waals surface area contributed by atoms with Gasteiger partial charge in [0.15, 0.2) is 4.67 Å². The van der Waals surface area contributed by atoms with E-state index in [9.17, 15) is 9.50 Å². The van der Waals surface area contributed by atoms with Crippen LogP contribution in [0.15, 0.2) is 45.7 Å². The van der Waals surface area contributed by atoms with Gasteiger partial charge >= 0.3 is 0 Å². The Hall–Kier alpha value is -1.13. The number of hydrogen-bond donors (Lipinski definition) is 1. The summed E-state index contributed by atoms with van der Waals surface area (Å²) in [5.41, 5.74) is 1.58. The maximum absolute atomic E-state index is 12.7. The first kappa shape index (κ1) is 11.4. The number of halogens is 2. The first-order valence-electron chi connectivity index (χ1n) is 4.82. The van der Waals surface area contributed by atoms with Crippen LogP contribution in [-0.4, -0.2) is 5.11 Å². The lowest BCUT2D eigenvalue weighted by molar-refractivity contribution is 0.176. The highest BCUT2D eigenvalue weighted by Crippen LogP contribution is 2.26. The Kier molecular flexibility index (Phi) is 3.41. The Morgan fingerprint density at radius 1 is 1.25 bits per heavy atom. The van der Waals surface area contributed by atoms with E-state index in [-0.39, 0.29) is 5.82 Å². The van der Waals surface area contributed by atoms with E-state index in [1.54, 1.807) is 18.2 Å². The van der Waals surface area contributed by atoms with Gasteiger partial charge in [0.2, 0.25) is 0 Å². The average molecular weight is 285 g/mol. The molecule has 1 N–H and O–H groups in total. The van der Waals surface area contributed by atoms with Crippen molar-refractivity contribution >= 4 is 15.9 Å². The predicted molar refractivity (Wildman–Crippen MR) is 61.5 cm³/mol. The van der Waals surface area contributed by atoms with Gasteiger partial charge in [0.25, 0.3) is 0 Å². The topological polar surface area (TPSA) is 33.4 Å². The highest BCUT2D eigenvalue weighted by molar-refractivity contribution is 9.10. The van der Waals surface area contributed by atoms with Crippen molar-refractivity contribution in [1.29, 1.82) is 0 Å². The van der Waals surface area contributed by atoms with Crippen LogP contribution >= 0.6 is 15.9 Å². The van der Waals surface area contributed by atoms with Crippen molar-refractivity contribution in [1.82, 2.24) is 0 Å². The minimum Gasteiger partial charge on any atom is -0.457 e. The lowest BCUT2D eigenvalue weighted by Crippen LogP contribution is -2.01. The van der Waals surface area contributed by atoms with Crippen molar-refractivity contribution in [3.63, 3.8) is 0 Å². The molecule has 1 aromatic heterocycles. The zero-order chi connectivity index (χ0) is 11.5. The molecular formula is C12H10BrFO2. The molecule has 84 valence electrons. The first-order valence-corrected chi connectivity index (χ1v) is 5.61. The summed E-state index contributed by atoms with van der Waals surface area (Å²) in [6, 6.07) is 7.79. The Balaban J connectivity index is 2.10. The molecule has 1 atom stereocenters. The third-order valence-electron chi connectivity index (χ3n) is 2.35. The van der Waals surface area contributed by atoms with Crippen molar-refractivity contribution in [3.8, 4) is 0 Å². The summed E-state index contributed by atoms with van der Waals surface area (Å²) in [5.74, 6) is -0.275. The van der Waals surface area contributed by atoms with Crippen molar-refractivity contribution in [2.75, 3.05) is 0 Å². The van der Waals surface area contributed by atoms with Gasteiger partial charge in [-0.05, 0) is 39.7 Å². The van der Waals surface area contributed by atoms with Gasteiger partial charge in [0.1, 0.15) is 5.82 Å². The van der Waals surface area contributed by atoms with E-state index >= 15 is 0 Å². The smallest absolute Gasteiger partial charge is 0.174 e. The molecule has 0 saturated carbocycles. The number of rotatable bonds is 3. The van der Waals surface area contributed by atoms with Gasteiger partial charge in [-0.1, -0.05) is 12.1 Å². The molecule has 0 radical (unpaired) electrons. The van der Waals surface area contributed by atoms with Crippen LogP contribution in [0, 0.1) is 5.82 Å². The lowest BCUT2D eigenvalue weighted by atomic mass is 10.0. The van der Waals surface area contributed by atoms with E-state index in [1.807, 2.05) is 0 Å². The highest BCUT2D eigenvalue weighted by atomic mass is 79.9. The molecule has 0 aliphatic rings. The van der Waals surface area contributed by atoms with Gasteiger partial charge in [0.05, 0.1) is 12.4 Å². The standard InChI is InChI=1S/C12H10BrFO2/c13-12-10(5-6-16-12)11(15)7-8-1-3-9(14)4-2-8/h1-6,11,15H,7H2. The monoisotopic (exact) mass is 284 g/mol. The molecule has 0 bridgehead atoms. The molecule has 0 aliphatic heterocycles. The average Bonchev–Trinajstić information content (AvgIpc) is 2.68. The Bertz CT molecular complexity index is 464. The molecule has 0 fully saturated rings. The molecule has 1 heterocycles. The second-order valence-electron chi connectivity index (χ2n) is 3.50. The van der Waals surface area contributed by atoms with Crippen LogP contribution in [0.3, 0.4) is 0 Å². The fraction of sp³-hybridized carbons (Fsp3) is 0.167. The van der Waals surface area contributed by atoms with Crippen LogP contribution in [-0.2, 0) is 6.42 Å². The largest absolute Gasteiger partial charge is 0.457 e. The molecule has 4 heteroatoms. The van der Waals surface area contributed by atoms with Gasteiger partial charge in [-0.3, -0.25) is 0 Å². The fourth-order valence-corrected chi connectivity index (χ4v) is 2.00. The van der Waals surface area contributed by atoms with Crippen LogP contribution in [0.2, 0.25) is 0 Å². The quantitative estimate of drug-likeness (QED) is 0.937. The summed E-state index contributed by atoms with van der Waals surface area (Å²) in [7, 11) is 0. The van der Waals surface area contributed by atoms with Crippen LogP contribution in [0.5, 0.6) is 0 Å². The van der Waals surface area contributed by atoms with Gasteiger partial charge < -0.3 is 9.52 Å². The van der Waals surface area contributed by atoms with Crippen LogP contribution in [0.4, 0.5) is 4.39 Å². The first-order chi connectivity index (χ1) is 7.66. The molecule has 0 aliphatic carbocycles. The Labute approximate surface area is 101 Å². The van der Waals surface area contributed by atoms with Gasteiger partial charge in [-0.15, -0.1) is 0 Å². The molecular weight excluding hydrogens is 275 g/mol. The molecule has 1 aromatic carbocycles. The molecule has 2 aromatic rings. The summed E-state index contributed by atoms with van der Waals surface area (Å²) in [4.78, 5) is 0. The minimum atomic E-state index is -0.654. The van der Waals surface area contributed by atoms with Crippen molar-refractivity contribution in [2.45, 2.75) is 12.5 Å². The van der Waals surface area contributed by atoms with Crippen molar-refractivity contribution in [3.05, 3.63) is 58.2 Å². The third kappa shape index (κ3) is 2.51. The molecule has 0 amide bonds. The molecule has 16 heavy (non-hydrogen) atoms. The van der Waals surface area contributed by atoms with Crippen molar-refractivity contribution < 1.29 is 13.9 Å². The molecule has 1 unspecified atom stereocenters. The van der Waals surface area contributed by atoms with E-state index in [1.165, 1.54) is 18.4 Å². The Morgan fingerprint density at radius 3 is 2.50 bits per heavy atom. The highest BCUT2D eigenvalue weighted by Gasteiger charge is 2.14. The molecule has 0 spiro atoms. The fourth-order valence-electron chi connectivity index (χ4n) is 1.50.